The molecule has 0 bridgehead atoms. The van der Waals surface area contributed by atoms with Crippen LogP contribution in [0, 0.1) is 6.92 Å². The van der Waals surface area contributed by atoms with Crippen molar-refractivity contribution in [3.05, 3.63) is 47.8 Å². The minimum absolute atomic E-state index is 0.0119. The van der Waals surface area contributed by atoms with E-state index in [9.17, 15) is 18.0 Å². The van der Waals surface area contributed by atoms with Crippen LogP contribution in [0.4, 0.5) is 24.8 Å². The number of carbonyl (C=O) groups is 1. The fourth-order valence-electron chi connectivity index (χ4n) is 3.09. The lowest BCUT2D eigenvalue weighted by atomic mass is 10.1. The van der Waals surface area contributed by atoms with Gasteiger partial charge in [0.15, 0.2) is 6.04 Å². The first-order chi connectivity index (χ1) is 15.2. The number of anilines is 2. The molecule has 8 nitrogen and oxygen atoms in total. The van der Waals surface area contributed by atoms with Crippen LogP contribution in [-0.2, 0) is 15.7 Å². The number of aromatic nitrogens is 5. The monoisotopic (exact) mass is 448 g/mol. The number of esters is 1. The molecule has 0 saturated carbocycles. The van der Waals surface area contributed by atoms with E-state index in [1.54, 1.807) is 25.3 Å². The molecule has 0 aliphatic carbocycles. The third-order valence-corrected chi connectivity index (χ3v) is 4.53. The van der Waals surface area contributed by atoms with Crippen molar-refractivity contribution in [1.82, 2.24) is 25.0 Å². The molecule has 0 aromatic carbocycles. The molecule has 0 aliphatic rings. The molecule has 3 rings (SSSR count). The molecule has 0 radical (unpaired) electrons. The molecule has 3 heterocycles. The van der Waals surface area contributed by atoms with E-state index in [1.165, 1.54) is 4.68 Å². The van der Waals surface area contributed by atoms with Crippen LogP contribution in [0.15, 0.2) is 36.7 Å². The molecular formula is C21H23F3N6O2. The number of ether oxygens (including phenoxy) is 1. The van der Waals surface area contributed by atoms with Gasteiger partial charge in [-0.1, -0.05) is 18.6 Å². The maximum atomic E-state index is 13.0. The third-order valence-electron chi connectivity index (χ3n) is 4.53. The highest BCUT2D eigenvalue weighted by molar-refractivity contribution is 5.74. The quantitative estimate of drug-likeness (QED) is 0.499. The van der Waals surface area contributed by atoms with Crippen molar-refractivity contribution < 1.29 is 22.7 Å². The second kappa shape index (κ2) is 9.75. The van der Waals surface area contributed by atoms with E-state index in [2.05, 4.69) is 25.6 Å². The van der Waals surface area contributed by atoms with Gasteiger partial charge in [-0.15, -0.1) is 5.10 Å². The first-order valence-corrected chi connectivity index (χ1v) is 10.1. The second-order valence-electron chi connectivity index (χ2n) is 7.11. The highest BCUT2D eigenvalue weighted by Crippen LogP contribution is 2.30. The SMILES string of the molecule is CCCC(C(=O)OCC)n1cc(-c2cc(C)cc(Nc3cc(C(F)(F)F)ccn3)n2)nn1. The average Bonchev–Trinajstić information content (AvgIpc) is 3.21. The third kappa shape index (κ3) is 5.59. The van der Waals surface area contributed by atoms with Crippen molar-refractivity contribution in [1.29, 1.82) is 0 Å². The lowest BCUT2D eigenvalue weighted by Crippen LogP contribution is -2.22. The average molecular weight is 448 g/mol. The van der Waals surface area contributed by atoms with Gasteiger partial charge in [-0.05, 0) is 50.1 Å². The van der Waals surface area contributed by atoms with E-state index in [0.717, 1.165) is 30.3 Å². The van der Waals surface area contributed by atoms with E-state index in [-0.39, 0.29) is 18.4 Å². The van der Waals surface area contributed by atoms with Gasteiger partial charge in [0.1, 0.15) is 17.3 Å². The van der Waals surface area contributed by atoms with Gasteiger partial charge in [0.25, 0.3) is 0 Å². The van der Waals surface area contributed by atoms with Crippen molar-refractivity contribution in [3.8, 4) is 11.4 Å². The smallest absolute Gasteiger partial charge is 0.416 e. The zero-order chi connectivity index (χ0) is 23.3. The van der Waals surface area contributed by atoms with Gasteiger partial charge in [-0.3, -0.25) is 0 Å². The number of alkyl halides is 3. The van der Waals surface area contributed by atoms with Crippen molar-refractivity contribution >= 4 is 17.6 Å². The Morgan fingerprint density at radius 1 is 1.19 bits per heavy atom. The largest absolute Gasteiger partial charge is 0.464 e. The summed E-state index contributed by atoms with van der Waals surface area (Å²) in [7, 11) is 0. The number of nitrogens with one attached hydrogen (secondary N) is 1. The molecular weight excluding hydrogens is 425 g/mol. The Balaban J connectivity index is 1.87. The number of hydrogen-bond acceptors (Lipinski definition) is 7. The fraction of sp³-hybridized carbons (Fsp3) is 0.381. The summed E-state index contributed by atoms with van der Waals surface area (Å²) in [6.45, 7) is 5.77. The van der Waals surface area contributed by atoms with Crippen LogP contribution in [0.25, 0.3) is 11.4 Å². The molecule has 11 heteroatoms. The summed E-state index contributed by atoms with van der Waals surface area (Å²) < 4.78 is 45.5. The maximum absolute atomic E-state index is 13.0. The Bertz CT molecular complexity index is 1080. The standard InChI is InChI=1S/C21H23F3N6O2/c1-4-6-17(20(31)32-5-2)30-12-16(28-29-30)15-9-13(3)10-19(26-15)27-18-11-14(7-8-25-18)21(22,23)24/h7-12,17H,4-6H2,1-3H3,(H,25,26,27). The fourth-order valence-corrected chi connectivity index (χ4v) is 3.09. The summed E-state index contributed by atoms with van der Waals surface area (Å²) in [6.07, 6.45) is -0.505. The molecule has 1 N–H and O–H groups in total. The molecule has 3 aromatic heterocycles. The van der Waals surface area contributed by atoms with Crippen LogP contribution in [-0.4, -0.2) is 37.5 Å². The van der Waals surface area contributed by atoms with Crippen LogP contribution in [0.1, 0.15) is 43.9 Å². The number of rotatable bonds is 8. The number of nitrogens with zero attached hydrogens (tertiary/aromatic N) is 5. The van der Waals surface area contributed by atoms with Crippen LogP contribution < -0.4 is 5.32 Å². The first kappa shape index (κ1) is 23.2. The number of halogens is 3. The Morgan fingerprint density at radius 2 is 1.97 bits per heavy atom. The van der Waals surface area contributed by atoms with Crippen molar-refractivity contribution in [2.24, 2.45) is 0 Å². The van der Waals surface area contributed by atoms with E-state index in [1.807, 2.05) is 13.8 Å². The number of aryl methyl sites for hydroxylation is 1. The summed E-state index contributed by atoms with van der Waals surface area (Å²) >= 11 is 0. The van der Waals surface area contributed by atoms with Crippen LogP contribution >= 0.6 is 0 Å². The summed E-state index contributed by atoms with van der Waals surface area (Å²) in [5.41, 5.74) is 0.852. The van der Waals surface area contributed by atoms with Gasteiger partial charge in [0.2, 0.25) is 0 Å². The predicted molar refractivity (Wildman–Crippen MR) is 111 cm³/mol. The maximum Gasteiger partial charge on any atom is 0.416 e. The lowest BCUT2D eigenvalue weighted by molar-refractivity contribution is -0.147. The molecule has 170 valence electrons. The van der Waals surface area contributed by atoms with Gasteiger partial charge < -0.3 is 10.1 Å². The molecule has 3 aromatic rings. The molecule has 0 amide bonds. The van der Waals surface area contributed by atoms with Crippen molar-refractivity contribution in [3.63, 3.8) is 0 Å². The van der Waals surface area contributed by atoms with Gasteiger partial charge in [-0.25, -0.2) is 19.4 Å². The molecule has 0 spiro atoms. The van der Waals surface area contributed by atoms with Gasteiger partial charge in [0, 0.05) is 6.20 Å². The minimum atomic E-state index is -4.48. The number of pyridine rings is 2. The number of carbonyl (C=O) groups excluding carboxylic acids is 1. The van der Waals surface area contributed by atoms with Crippen LogP contribution in [0.3, 0.4) is 0 Å². The van der Waals surface area contributed by atoms with Crippen molar-refractivity contribution in [2.45, 2.75) is 45.8 Å². The van der Waals surface area contributed by atoms with Gasteiger partial charge in [-0.2, -0.15) is 13.2 Å². The molecule has 1 unspecified atom stereocenters. The Morgan fingerprint density at radius 3 is 2.66 bits per heavy atom. The summed E-state index contributed by atoms with van der Waals surface area (Å²) in [4.78, 5) is 20.6. The summed E-state index contributed by atoms with van der Waals surface area (Å²) in [5, 5.41) is 11.0. The second-order valence-corrected chi connectivity index (χ2v) is 7.11. The Hall–Kier alpha value is -3.50. The zero-order valence-electron chi connectivity index (χ0n) is 17.8. The van der Waals surface area contributed by atoms with Gasteiger partial charge in [0.05, 0.1) is 24.1 Å². The normalized spacial score (nSPS) is 12.4. The molecule has 0 aliphatic heterocycles. The van der Waals surface area contributed by atoms with E-state index in [4.69, 9.17) is 4.74 Å². The van der Waals surface area contributed by atoms with Crippen LogP contribution in [0.2, 0.25) is 0 Å². The van der Waals surface area contributed by atoms with E-state index >= 15 is 0 Å². The highest BCUT2D eigenvalue weighted by atomic mass is 19.4. The molecule has 32 heavy (non-hydrogen) atoms. The Labute approximate surface area is 182 Å². The highest BCUT2D eigenvalue weighted by Gasteiger charge is 2.30. The molecule has 1 atom stereocenters. The lowest BCUT2D eigenvalue weighted by Gasteiger charge is -2.14. The number of hydrogen-bond donors (Lipinski definition) is 1. The summed E-state index contributed by atoms with van der Waals surface area (Å²) in [5.74, 6) is -0.0734. The van der Waals surface area contributed by atoms with E-state index < -0.39 is 17.8 Å². The molecule has 0 fully saturated rings. The molecule has 0 saturated heterocycles. The Kier molecular flexibility index (Phi) is 7.06. The predicted octanol–water partition coefficient (Wildman–Crippen LogP) is 4.71. The first-order valence-electron chi connectivity index (χ1n) is 10.1. The van der Waals surface area contributed by atoms with E-state index in [0.29, 0.717) is 23.6 Å². The summed E-state index contributed by atoms with van der Waals surface area (Å²) in [6, 6.07) is 4.65. The van der Waals surface area contributed by atoms with Crippen molar-refractivity contribution in [2.75, 3.05) is 11.9 Å². The zero-order valence-corrected chi connectivity index (χ0v) is 17.8. The van der Waals surface area contributed by atoms with Gasteiger partial charge >= 0.3 is 12.1 Å². The topological polar surface area (TPSA) is 94.8 Å². The van der Waals surface area contributed by atoms with Crippen LogP contribution in [0.5, 0.6) is 0 Å². The minimum Gasteiger partial charge on any atom is -0.464 e.